The van der Waals surface area contributed by atoms with Crippen LogP contribution >= 0.6 is 0 Å². The Hall–Kier alpha value is -4.40. The molecule has 4 aromatic carbocycles. The second-order valence-corrected chi connectivity index (χ2v) is 12.5. The van der Waals surface area contributed by atoms with Crippen LogP contribution in [-0.2, 0) is 25.7 Å². The van der Waals surface area contributed by atoms with Crippen molar-refractivity contribution in [3.63, 3.8) is 0 Å². The minimum atomic E-state index is 0.00634. The molecule has 0 radical (unpaired) electrons. The molecule has 0 spiro atoms. The fourth-order valence-electron chi connectivity index (χ4n) is 7.27. The lowest BCUT2D eigenvalue weighted by Gasteiger charge is -2.37. The summed E-state index contributed by atoms with van der Waals surface area (Å²) >= 11 is 0. The maximum atomic E-state index is 7.03. The second-order valence-electron chi connectivity index (χ2n) is 12.5. The molecule has 0 fully saturated rings. The first-order valence-electron chi connectivity index (χ1n) is 15.9. The van der Waals surface area contributed by atoms with Gasteiger partial charge in [-0.05, 0) is 110 Å². The van der Waals surface area contributed by atoms with Crippen molar-refractivity contribution in [3.05, 3.63) is 94.0 Å². The monoisotopic (exact) mass is 622 g/mol. The number of methoxy groups -OCH3 is 4. The molecule has 240 valence electrons. The molecular formula is C38H42N2O6. The lowest BCUT2D eigenvalue weighted by atomic mass is 9.87. The van der Waals surface area contributed by atoms with Crippen molar-refractivity contribution >= 4 is 0 Å². The maximum Gasteiger partial charge on any atom is 0.204 e. The molecule has 5 aliphatic rings. The molecule has 8 heteroatoms. The standard InChI is InChI=1S/C38H42N2O6/c1-39-15-13-25-20-33(42-4)34-22-28(25)29(39)17-23-7-10-27(11-8-23)45-31-12-9-24(19-32(31)41-3)18-30-36-26(14-16-40(30)2)21-35(43-5)37(44-6)38(36)46-34/h7-12,19-22,29-30H,13-18H2,1-6H3/t29-,30+/m0/s1. The molecule has 0 unspecified atom stereocenters. The van der Waals surface area contributed by atoms with E-state index in [2.05, 4.69) is 66.4 Å². The predicted molar refractivity (Wildman–Crippen MR) is 178 cm³/mol. The molecule has 0 saturated heterocycles. The molecule has 0 amide bonds. The van der Waals surface area contributed by atoms with Crippen molar-refractivity contribution in [2.24, 2.45) is 0 Å². The average Bonchev–Trinajstić information content (AvgIpc) is 3.07. The van der Waals surface area contributed by atoms with E-state index >= 15 is 0 Å². The molecule has 0 saturated carbocycles. The highest BCUT2D eigenvalue weighted by Gasteiger charge is 2.34. The summed E-state index contributed by atoms with van der Waals surface area (Å²) in [5.74, 6) is 5.40. The Bertz CT molecular complexity index is 1750. The quantitative estimate of drug-likeness (QED) is 0.238. The van der Waals surface area contributed by atoms with Crippen LogP contribution in [0.25, 0.3) is 0 Å². The summed E-state index contributed by atoms with van der Waals surface area (Å²) < 4.78 is 37.1. The predicted octanol–water partition coefficient (Wildman–Crippen LogP) is 7.16. The van der Waals surface area contributed by atoms with Gasteiger partial charge in [0.15, 0.2) is 34.5 Å². The normalized spacial score (nSPS) is 19.2. The van der Waals surface area contributed by atoms with Crippen molar-refractivity contribution in [3.8, 4) is 46.0 Å². The summed E-state index contributed by atoms with van der Waals surface area (Å²) in [6, 6.07) is 21.2. The van der Waals surface area contributed by atoms with E-state index in [-0.39, 0.29) is 12.1 Å². The summed E-state index contributed by atoms with van der Waals surface area (Å²) in [5.41, 5.74) is 7.16. The smallest absolute Gasteiger partial charge is 0.204 e. The van der Waals surface area contributed by atoms with Crippen LogP contribution in [0.1, 0.15) is 45.5 Å². The van der Waals surface area contributed by atoms with Gasteiger partial charge in [-0.1, -0.05) is 18.2 Å². The molecule has 5 heterocycles. The Morgan fingerprint density at radius 3 is 1.96 bits per heavy atom. The van der Waals surface area contributed by atoms with Gasteiger partial charge in [-0.3, -0.25) is 9.80 Å². The van der Waals surface area contributed by atoms with E-state index < -0.39 is 0 Å². The molecule has 6 bridgehead atoms. The topological polar surface area (TPSA) is 61.9 Å². The number of likely N-dealkylation sites (N-methyl/N-ethyl adjacent to an activating group) is 2. The third-order valence-corrected chi connectivity index (χ3v) is 9.85. The zero-order valence-electron chi connectivity index (χ0n) is 27.5. The Labute approximate surface area is 271 Å². The maximum absolute atomic E-state index is 7.03. The third-order valence-electron chi connectivity index (χ3n) is 9.85. The van der Waals surface area contributed by atoms with Crippen LogP contribution in [0.15, 0.2) is 60.7 Å². The van der Waals surface area contributed by atoms with Crippen molar-refractivity contribution in [1.82, 2.24) is 9.80 Å². The molecule has 8 nitrogen and oxygen atoms in total. The Morgan fingerprint density at radius 2 is 1.24 bits per heavy atom. The van der Waals surface area contributed by atoms with Gasteiger partial charge in [0.05, 0.1) is 28.4 Å². The minimum Gasteiger partial charge on any atom is -0.493 e. The molecule has 0 aromatic heterocycles. The molecule has 2 atom stereocenters. The van der Waals surface area contributed by atoms with Crippen LogP contribution in [0.3, 0.4) is 0 Å². The van der Waals surface area contributed by atoms with E-state index in [9.17, 15) is 0 Å². The molecular weight excluding hydrogens is 580 g/mol. The number of hydrogen-bond donors (Lipinski definition) is 0. The van der Waals surface area contributed by atoms with Crippen LogP contribution in [0.2, 0.25) is 0 Å². The van der Waals surface area contributed by atoms with Crippen LogP contribution in [0.5, 0.6) is 46.0 Å². The summed E-state index contributed by atoms with van der Waals surface area (Å²) in [6.45, 7) is 1.86. The van der Waals surface area contributed by atoms with Gasteiger partial charge in [0.1, 0.15) is 5.75 Å². The number of rotatable bonds is 4. The van der Waals surface area contributed by atoms with E-state index in [1.807, 2.05) is 18.2 Å². The molecule has 46 heavy (non-hydrogen) atoms. The lowest BCUT2D eigenvalue weighted by molar-refractivity contribution is 0.220. The highest BCUT2D eigenvalue weighted by atomic mass is 16.5. The van der Waals surface area contributed by atoms with Crippen LogP contribution < -0.4 is 28.4 Å². The van der Waals surface area contributed by atoms with Gasteiger partial charge in [-0.2, -0.15) is 0 Å². The summed E-state index contributed by atoms with van der Waals surface area (Å²) in [6.07, 6.45) is 3.38. The first-order valence-corrected chi connectivity index (χ1v) is 15.9. The third kappa shape index (κ3) is 5.39. The minimum absolute atomic E-state index is 0.00634. The largest absolute Gasteiger partial charge is 0.493 e. The Kier molecular flexibility index (Phi) is 8.17. The fourth-order valence-corrected chi connectivity index (χ4v) is 7.27. The van der Waals surface area contributed by atoms with Crippen LogP contribution in [0.4, 0.5) is 0 Å². The van der Waals surface area contributed by atoms with E-state index in [0.717, 1.165) is 55.6 Å². The summed E-state index contributed by atoms with van der Waals surface area (Å²) in [7, 11) is 11.1. The van der Waals surface area contributed by atoms with Gasteiger partial charge in [-0.15, -0.1) is 0 Å². The van der Waals surface area contributed by atoms with Crippen LogP contribution in [-0.4, -0.2) is 65.4 Å². The van der Waals surface area contributed by atoms with E-state index in [1.165, 1.54) is 22.3 Å². The zero-order chi connectivity index (χ0) is 31.9. The molecule has 0 aliphatic carbocycles. The zero-order valence-corrected chi connectivity index (χ0v) is 27.5. The molecule has 9 rings (SSSR count). The fraction of sp³-hybridized carbons (Fsp3) is 0.368. The van der Waals surface area contributed by atoms with Crippen molar-refractivity contribution < 1.29 is 28.4 Å². The molecule has 0 N–H and O–H groups in total. The Morgan fingerprint density at radius 1 is 0.609 bits per heavy atom. The summed E-state index contributed by atoms with van der Waals surface area (Å²) in [5, 5.41) is 0. The molecule has 4 aromatic rings. The number of fused-ring (bicyclic) bond motifs is 2. The van der Waals surface area contributed by atoms with Crippen molar-refractivity contribution in [2.75, 3.05) is 55.6 Å². The Balaban J connectivity index is 1.46. The number of hydrogen-bond acceptors (Lipinski definition) is 8. The molecule has 5 aliphatic heterocycles. The number of benzene rings is 4. The van der Waals surface area contributed by atoms with E-state index in [1.54, 1.807) is 28.4 Å². The van der Waals surface area contributed by atoms with Gasteiger partial charge < -0.3 is 28.4 Å². The highest BCUT2D eigenvalue weighted by molar-refractivity contribution is 5.64. The van der Waals surface area contributed by atoms with Gasteiger partial charge in [0.25, 0.3) is 0 Å². The number of ether oxygens (including phenoxy) is 6. The second kappa shape index (κ2) is 12.4. The van der Waals surface area contributed by atoms with Crippen molar-refractivity contribution in [1.29, 1.82) is 0 Å². The average molecular weight is 623 g/mol. The SMILES string of the molecule is COc1cc2ccc1Oc1ccc(cc1)C[C@H]1c3cc(c(OC)cc3CCN1C)Oc1c(OC)c(OC)cc3c1[C@@H](C2)N(C)CC3. The first-order chi connectivity index (χ1) is 22.4. The van der Waals surface area contributed by atoms with Crippen LogP contribution in [0, 0.1) is 0 Å². The van der Waals surface area contributed by atoms with Gasteiger partial charge in [-0.25, -0.2) is 0 Å². The van der Waals surface area contributed by atoms with E-state index in [4.69, 9.17) is 28.4 Å². The highest BCUT2D eigenvalue weighted by Crippen LogP contribution is 2.52. The van der Waals surface area contributed by atoms with Gasteiger partial charge in [0, 0.05) is 30.7 Å². The van der Waals surface area contributed by atoms with Gasteiger partial charge >= 0.3 is 0 Å². The lowest BCUT2D eigenvalue weighted by Crippen LogP contribution is -2.34. The number of nitrogens with zero attached hydrogens (tertiary/aromatic N) is 2. The summed E-state index contributed by atoms with van der Waals surface area (Å²) in [4.78, 5) is 4.81. The van der Waals surface area contributed by atoms with Crippen molar-refractivity contribution in [2.45, 2.75) is 37.8 Å². The van der Waals surface area contributed by atoms with E-state index in [0.29, 0.717) is 40.2 Å². The van der Waals surface area contributed by atoms with Gasteiger partial charge in [0.2, 0.25) is 5.75 Å². The first kappa shape index (κ1) is 30.3.